The van der Waals surface area contributed by atoms with Crippen LogP contribution in [0.2, 0.25) is 0 Å². The molecule has 0 spiro atoms. The minimum atomic E-state index is 0.498. The van der Waals surface area contributed by atoms with E-state index in [9.17, 15) is 0 Å². The first-order valence-corrected chi connectivity index (χ1v) is 6.31. The van der Waals surface area contributed by atoms with Crippen LogP contribution in [0.1, 0.15) is 32.8 Å². The molecule has 0 aliphatic rings. The Morgan fingerprint density at radius 3 is 2.62 bits per heavy atom. The van der Waals surface area contributed by atoms with Gasteiger partial charge in [0, 0.05) is 25.2 Å². The molecule has 16 heavy (non-hydrogen) atoms. The monoisotopic (exact) mass is 240 g/mol. The number of halogens is 1. The molecule has 0 aromatic carbocycles. The van der Waals surface area contributed by atoms with Crippen molar-refractivity contribution in [3.8, 4) is 0 Å². The van der Waals surface area contributed by atoms with Crippen LogP contribution in [0.25, 0.3) is 0 Å². The third kappa shape index (κ3) is 3.67. The van der Waals surface area contributed by atoms with Crippen LogP contribution in [0.15, 0.2) is 18.3 Å². The maximum Gasteiger partial charge on any atom is 0.128 e. The molecule has 0 saturated heterocycles. The highest BCUT2D eigenvalue weighted by Gasteiger charge is 2.12. The number of rotatable bonds is 5. The molecule has 1 atom stereocenters. The minimum Gasteiger partial charge on any atom is -0.357 e. The summed E-state index contributed by atoms with van der Waals surface area (Å²) in [5.41, 5.74) is 1.12. The molecule has 0 radical (unpaired) electrons. The predicted octanol–water partition coefficient (Wildman–Crippen LogP) is 3.69. The van der Waals surface area contributed by atoms with Crippen molar-refractivity contribution in [1.82, 2.24) is 4.98 Å². The third-order valence-electron chi connectivity index (χ3n) is 2.80. The Morgan fingerprint density at radius 2 is 2.06 bits per heavy atom. The minimum absolute atomic E-state index is 0.498. The van der Waals surface area contributed by atoms with Crippen molar-refractivity contribution >= 4 is 17.4 Å². The molecule has 0 aliphatic heterocycles. The Morgan fingerprint density at radius 1 is 1.38 bits per heavy atom. The molecule has 1 aromatic heterocycles. The van der Waals surface area contributed by atoms with Gasteiger partial charge in [-0.1, -0.05) is 13.8 Å². The van der Waals surface area contributed by atoms with Gasteiger partial charge in [0.15, 0.2) is 0 Å². The summed E-state index contributed by atoms with van der Waals surface area (Å²) in [4.78, 5) is 6.60. The normalized spacial score (nSPS) is 12.9. The summed E-state index contributed by atoms with van der Waals surface area (Å²) in [6.45, 7) is 6.72. The van der Waals surface area contributed by atoms with Crippen LogP contribution in [-0.4, -0.2) is 18.1 Å². The second kappa shape index (κ2) is 6.09. The fraction of sp³-hybridized carbons (Fsp3) is 0.615. The van der Waals surface area contributed by atoms with E-state index >= 15 is 0 Å². The Hall–Kier alpha value is -0.760. The molecule has 1 unspecified atom stereocenters. The SMILES string of the molecule is CC(C)CC(C)N(C)c1cc(CCl)ccn1. The lowest BCUT2D eigenvalue weighted by Crippen LogP contribution is -2.30. The average Bonchev–Trinajstić information content (AvgIpc) is 2.27. The Balaban J connectivity index is 2.74. The van der Waals surface area contributed by atoms with Crippen LogP contribution in [0.4, 0.5) is 5.82 Å². The van der Waals surface area contributed by atoms with E-state index in [1.54, 1.807) is 0 Å². The van der Waals surface area contributed by atoms with Crippen LogP contribution in [0.5, 0.6) is 0 Å². The molecule has 0 aliphatic carbocycles. The van der Waals surface area contributed by atoms with Crippen LogP contribution >= 0.6 is 11.6 Å². The highest BCUT2D eigenvalue weighted by molar-refractivity contribution is 6.17. The number of anilines is 1. The molecule has 1 aromatic rings. The van der Waals surface area contributed by atoms with E-state index in [0.29, 0.717) is 17.8 Å². The van der Waals surface area contributed by atoms with Crippen molar-refractivity contribution in [3.63, 3.8) is 0 Å². The molecule has 1 rings (SSSR count). The van der Waals surface area contributed by atoms with E-state index in [1.165, 1.54) is 6.42 Å². The van der Waals surface area contributed by atoms with Crippen molar-refractivity contribution in [2.45, 2.75) is 39.1 Å². The largest absolute Gasteiger partial charge is 0.357 e. The first-order chi connectivity index (χ1) is 7.54. The summed E-state index contributed by atoms with van der Waals surface area (Å²) in [5.74, 6) is 2.25. The third-order valence-corrected chi connectivity index (χ3v) is 3.11. The zero-order chi connectivity index (χ0) is 12.1. The second-order valence-corrected chi connectivity index (χ2v) is 5.01. The van der Waals surface area contributed by atoms with Gasteiger partial charge in [0.25, 0.3) is 0 Å². The Kier molecular flexibility index (Phi) is 5.07. The molecule has 0 amide bonds. The molecular formula is C13H21ClN2. The van der Waals surface area contributed by atoms with Crippen LogP contribution in [-0.2, 0) is 5.88 Å². The maximum absolute atomic E-state index is 5.82. The van der Waals surface area contributed by atoms with E-state index in [4.69, 9.17) is 11.6 Å². The molecule has 0 fully saturated rings. The lowest BCUT2D eigenvalue weighted by atomic mass is 10.0. The van der Waals surface area contributed by atoms with Gasteiger partial charge < -0.3 is 4.90 Å². The quantitative estimate of drug-likeness (QED) is 0.730. The van der Waals surface area contributed by atoms with Gasteiger partial charge in [-0.25, -0.2) is 4.98 Å². The van der Waals surface area contributed by atoms with Gasteiger partial charge in [-0.2, -0.15) is 0 Å². The maximum atomic E-state index is 5.82. The van der Waals surface area contributed by atoms with Gasteiger partial charge in [-0.3, -0.25) is 0 Å². The van der Waals surface area contributed by atoms with Crippen molar-refractivity contribution in [2.75, 3.05) is 11.9 Å². The molecular weight excluding hydrogens is 220 g/mol. The summed E-state index contributed by atoms with van der Waals surface area (Å²) < 4.78 is 0. The van der Waals surface area contributed by atoms with Crippen molar-refractivity contribution in [2.24, 2.45) is 5.92 Å². The molecule has 90 valence electrons. The summed E-state index contributed by atoms with van der Waals surface area (Å²) in [7, 11) is 2.09. The number of nitrogens with zero attached hydrogens (tertiary/aromatic N) is 2. The van der Waals surface area contributed by atoms with E-state index < -0.39 is 0 Å². The van der Waals surface area contributed by atoms with Crippen LogP contribution in [0.3, 0.4) is 0 Å². The molecule has 2 nitrogen and oxygen atoms in total. The lowest BCUT2D eigenvalue weighted by molar-refractivity contribution is 0.502. The smallest absolute Gasteiger partial charge is 0.128 e. The number of hydrogen-bond acceptors (Lipinski definition) is 2. The lowest BCUT2D eigenvalue weighted by Gasteiger charge is -2.27. The summed E-state index contributed by atoms with van der Waals surface area (Å²) >= 11 is 5.82. The van der Waals surface area contributed by atoms with E-state index in [2.05, 4.69) is 43.8 Å². The number of hydrogen-bond donors (Lipinski definition) is 0. The number of alkyl halides is 1. The van der Waals surface area contributed by atoms with Gasteiger partial charge in [0.2, 0.25) is 0 Å². The van der Waals surface area contributed by atoms with Crippen molar-refractivity contribution < 1.29 is 0 Å². The average molecular weight is 241 g/mol. The first kappa shape index (κ1) is 13.3. The number of aromatic nitrogens is 1. The first-order valence-electron chi connectivity index (χ1n) is 5.78. The molecule has 0 bridgehead atoms. The number of pyridine rings is 1. The standard InChI is InChI=1S/C13H21ClN2/c1-10(2)7-11(3)16(4)13-8-12(9-14)5-6-15-13/h5-6,8,10-11H,7,9H2,1-4H3. The Bertz CT molecular complexity index is 325. The zero-order valence-corrected chi connectivity index (χ0v) is 11.3. The molecule has 0 N–H and O–H groups in total. The van der Waals surface area contributed by atoms with Crippen molar-refractivity contribution in [1.29, 1.82) is 0 Å². The summed E-state index contributed by atoms with van der Waals surface area (Å²) in [6.07, 6.45) is 2.99. The summed E-state index contributed by atoms with van der Waals surface area (Å²) in [5, 5.41) is 0. The van der Waals surface area contributed by atoms with Crippen LogP contribution in [0, 0.1) is 5.92 Å². The molecule has 1 heterocycles. The zero-order valence-electron chi connectivity index (χ0n) is 10.6. The van der Waals surface area contributed by atoms with Crippen molar-refractivity contribution in [3.05, 3.63) is 23.9 Å². The Labute approximate surface area is 104 Å². The molecule has 0 saturated carbocycles. The topological polar surface area (TPSA) is 16.1 Å². The van der Waals surface area contributed by atoms with Gasteiger partial charge in [0.1, 0.15) is 5.82 Å². The highest BCUT2D eigenvalue weighted by Crippen LogP contribution is 2.18. The predicted molar refractivity (Wildman–Crippen MR) is 71.1 cm³/mol. The van der Waals surface area contributed by atoms with E-state index in [-0.39, 0.29) is 0 Å². The van der Waals surface area contributed by atoms with Gasteiger partial charge in [-0.05, 0) is 37.0 Å². The summed E-state index contributed by atoms with van der Waals surface area (Å²) in [6, 6.07) is 4.51. The van der Waals surface area contributed by atoms with E-state index in [1.807, 2.05) is 12.3 Å². The van der Waals surface area contributed by atoms with Gasteiger partial charge in [0.05, 0.1) is 0 Å². The second-order valence-electron chi connectivity index (χ2n) is 4.75. The fourth-order valence-corrected chi connectivity index (χ4v) is 1.97. The van der Waals surface area contributed by atoms with E-state index in [0.717, 1.165) is 11.4 Å². The highest BCUT2D eigenvalue weighted by atomic mass is 35.5. The fourth-order valence-electron chi connectivity index (χ4n) is 1.80. The molecule has 3 heteroatoms. The van der Waals surface area contributed by atoms with Crippen LogP contribution < -0.4 is 4.90 Å². The van der Waals surface area contributed by atoms with Gasteiger partial charge in [-0.15, -0.1) is 11.6 Å². The van der Waals surface area contributed by atoms with Gasteiger partial charge >= 0.3 is 0 Å².